The van der Waals surface area contributed by atoms with E-state index in [2.05, 4.69) is 5.32 Å². The van der Waals surface area contributed by atoms with Crippen LogP contribution in [0.15, 0.2) is 36.4 Å². The lowest BCUT2D eigenvalue weighted by Gasteiger charge is -2.33. The number of methoxy groups -OCH3 is 1. The van der Waals surface area contributed by atoms with Gasteiger partial charge in [-0.2, -0.15) is 0 Å². The molecule has 0 saturated heterocycles. The molecule has 1 aliphatic carbocycles. The third-order valence-corrected chi connectivity index (χ3v) is 5.66. The quantitative estimate of drug-likeness (QED) is 0.343. The Balaban J connectivity index is 1.81. The van der Waals surface area contributed by atoms with Crippen molar-refractivity contribution < 1.29 is 19.2 Å². The van der Waals surface area contributed by atoms with E-state index in [4.69, 9.17) is 15.3 Å². The van der Waals surface area contributed by atoms with Crippen molar-refractivity contribution in [3.63, 3.8) is 0 Å². The third kappa shape index (κ3) is 5.47. The zero-order chi connectivity index (χ0) is 23.1. The number of amides is 1. The van der Waals surface area contributed by atoms with Gasteiger partial charge in [-0.05, 0) is 43.5 Å². The predicted molar refractivity (Wildman–Crippen MR) is 122 cm³/mol. The van der Waals surface area contributed by atoms with Crippen LogP contribution < -0.4 is 25.6 Å². The molecular formula is C23H30N4O5. The van der Waals surface area contributed by atoms with E-state index in [1.54, 1.807) is 30.3 Å². The van der Waals surface area contributed by atoms with Gasteiger partial charge >= 0.3 is 0 Å². The average Bonchev–Trinajstić information content (AvgIpc) is 2.83. The van der Waals surface area contributed by atoms with Crippen LogP contribution in [-0.2, 0) is 6.54 Å². The third-order valence-electron chi connectivity index (χ3n) is 5.66. The van der Waals surface area contributed by atoms with Crippen LogP contribution in [0.25, 0.3) is 0 Å². The van der Waals surface area contributed by atoms with Gasteiger partial charge in [-0.15, -0.1) is 0 Å². The standard InChI is InChI=1S/C23H30N4O5/c1-3-32-21-12-9-16(13-22(21)31-2)15-25-23(28)19-14-18(27(29)30)10-11-20(19)26(24)17-7-5-4-6-8-17/h9-14,17H,3-8,15,24H2,1-2H3,(H,25,28). The number of benzene rings is 2. The van der Waals surface area contributed by atoms with E-state index in [1.165, 1.54) is 18.6 Å². The number of nitro groups is 1. The number of ether oxygens (including phenoxy) is 2. The molecule has 0 heterocycles. The number of nitrogens with two attached hydrogens (primary N) is 1. The van der Waals surface area contributed by atoms with E-state index < -0.39 is 10.8 Å². The molecule has 1 aliphatic rings. The van der Waals surface area contributed by atoms with Crippen molar-refractivity contribution >= 4 is 17.3 Å². The van der Waals surface area contributed by atoms with Crippen LogP contribution in [0, 0.1) is 10.1 Å². The van der Waals surface area contributed by atoms with Crippen molar-refractivity contribution in [1.82, 2.24) is 5.32 Å². The maximum Gasteiger partial charge on any atom is 0.270 e. The Morgan fingerprint density at radius 3 is 2.59 bits per heavy atom. The van der Waals surface area contributed by atoms with Crippen LogP contribution in [0.3, 0.4) is 0 Å². The van der Waals surface area contributed by atoms with Gasteiger partial charge in [0.15, 0.2) is 11.5 Å². The Morgan fingerprint density at radius 2 is 1.94 bits per heavy atom. The molecule has 9 nitrogen and oxygen atoms in total. The van der Waals surface area contributed by atoms with Crippen molar-refractivity contribution in [3.05, 3.63) is 57.6 Å². The summed E-state index contributed by atoms with van der Waals surface area (Å²) < 4.78 is 10.9. The van der Waals surface area contributed by atoms with Crippen LogP contribution in [0.1, 0.15) is 54.9 Å². The molecule has 0 aromatic heterocycles. The van der Waals surface area contributed by atoms with E-state index in [1.807, 2.05) is 13.0 Å². The molecule has 0 bridgehead atoms. The topological polar surface area (TPSA) is 120 Å². The minimum absolute atomic E-state index is 0.104. The van der Waals surface area contributed by atoms with Gasteiger partial charge in [-0.1, -0.05) is 25.3 Å². The maximum absolute atomic E-state index is 13.1. The molecule has 2 aromatic carbocycles. The highest BCUT2D eigenvalue weighted by Crippen LogP contribution is 2.30. The number of nitro benzene ring substituents is 1. The largest absolute Gasteiger partial charge is 0.493 e. The summed E-state index contributed by atoms with van der Waals surface area (Å²) in [6, 6.07) is 9.73. The molecule has 0 radical (unpaired) electrons. The maximum atomic E-state index is 13.1. The van der Waals surface area contributed by atoms with Gasteiger partial charge < -0.3 is 19.8 Å². The summed E-state index contributed by atoms with van der Waals surface area (Å²) in [4.78, 5) is 23.8. The molecule has 0 atom stereocenters. The van der Waals surface area contributed by atoms with E-state index in [9.17, 15) is 14.9 Å². The van der Waals surface area contributed by atoms with E-state index in [-0.39, 0.29) is 23.8 Å². The molecule has 32 heavy (non-hydrogen) atoms. The summed E-state index contributed by atoms with van der Waals surface area (Å²) >= 11 is 0. The van der Waals surface area contributed by atoms with Crippen LogP contribution in [-0.4, -0.2) is 30.6 Å². The van der Waals surface area contributed by atoms with Crippen LogP contribution >= 0.6 is 0 Å². The minimum atomic E-state index is -0.515. The molecule has 172 valence electrons. The Hall–Kier alpha value is -3.33. The lowest BCUT2D eigenvalue weighted by molar-refractivity contribution is -0.384. The number of hydrogen-bond acceptors (Lipinski definition) is 7. The SMILES string of the molecule is CCOc1ccc(CNC(=O)c2cc([N+](=O)[O-])ccc2N(N)C2CCCCC2)cc1OC. The van der Waals surface area contributed by atoms with Crippen molar-refractivity contribution in [2.75, 3.05) is 18.7 Å². The zero-order valence-corrected chi connectivity index (χ0v) is 18.5. The smallest absolute Gasteiger partial charge is 0.270 e. The van der Waals surface area contributed by atoms with Crippen LogP contribution in [0.5, 0.6) is 11.5 Å². The van der Waals surface area contributed by atoms with Gasteiger partial charge in [-0.3, -0.25) is 14.9 Å². The molecule has 2 aromatic rings. The number of nitrogens with one attached hydrogen (secondary N) is 1. The van der Waals surface area contributed by atoms with Crippen molar-refractivity contribution in [1.29, 1.82) is 0 Å². The number of hydrogen-bond donors (Lipinski definition) is 2. The zero-order valence-electron chi connectivity index (χ0n) is 18.5. The summed E-state index contributed by atoms with van der Waals surface area (Å²) in [7, 11) is 1.55. The first-order chi connectivity index (χ1) is 15.4. The summed E-state index contributed by atoms with van der Waals surface area (Å²) in [6.45, 7) is 2.62. The van der Waals surface area contributed by atoms with E-state index in [0.717, 1.165) is 31.2 Å². The molecule has 9 heteroatoms. The normalized spacial score (nSPS) is 14.0. The van der Waals surface area contributed by atoms with Gasteiger partial charge in [0.05, 0.1) is 29.9 Å². The lowest BCUT2D eigenvalue weighted by Crippen LogP contribution is -2.43. The molecule has 1 saturated carbocycles. The molecule has 0 unspecified atom stereocenters. The summed E-state index contributed by atoms with van der Waals surface area (Å²) in [5, 5.41) is 15.7. The van der Waals surface area contributed by atoms with Crippen molar-refractivity contribution in [2.45, 2.75) is 51.6 Å². The van der Waals surface area contributed by atoms with Gasteiger partial charge in [-0.25, -0.2) is 5.84 Å². The fraction of sp³-hybridized carbons (Fsp3) is 0.435. The Morgan fingerprint density at radius 1 is 1.19 bits per heavy atom. The van der Waals surface area contributed by atoms with Crippen LogP contribution in [0.2, 0.25) is 0 Å². The average molecular weight is 443 g/mol. The molecular weight excluding hydrogens is 412 g/mol. The highest BCUT2D eigenvalue weighted by molar-refractivity contribution is 6.00. The monoisotopic (exact) mass is 442 g/mol. The number of carbonyl (C=O) groups excluding carboxylic acids is 1. The van der Waals surface area contributed by atoms with Gasteiger partial charge in [0, 0.05) is 24.7 Å². The molecule has 3 N–H and O–H groups in total. The molecule has 1 amide bonds. The van der Waals surface area contributed by atoms with Gasteiger partial charge in [0.2, 0.25) is 0 Å². The lowest BCUT2D eigenvalue weighted by atomic mass is 9.94. The summed E-state index contributed by atoms with van der Waals surface area (Å²) in [5.74, 6) is 7.14. The molecule has 0 spiro atoms. The number of rotatable bonds is 9. The van der Waals surface area contributed by atoms with Crippen molar-refractivity contribution in [2.24, 2.45) is 5.84 Å². The second-order valence-corrected chi connectivity index (χ2v) is 7.76. The summed E-state index contributed by atoms with van der Waals surface area (Å²) in [5.41, 5.74) is 1.33. The fourth-order valence-corrected chi connectivity index (χ4v) is 3.97. The Kier molecular flexibility index (Phi) is 7.88. The number of carbonyl (C=O) groups is 1. The first kappa shape index (κ1) is 23.3. The Labute approximate surface area is 187 Å². The first-order valence-corrected chi connectivity index (χ1v) is 10.8. The Bertz CT molecular complexity index is 959. The number of nitrogens with zero attached hydrogens (tertiary/aromatic N) is 2. The number of hydrazine groups is 1. The fourth-order valence-electron chi connectivity index (χ4n) is 3.97. The van der Waals surface area contributed by atoms with Crippen molar-refractivity contribution in [3.8, 4) is 11.5 Å². The molecule has 3 rings (SSSR count). The highest BCUT2D eigenvalue weighted by atomic mass is 16.6. The van der Waals surface area contributed by atoms with Crippen LogP contribution in [0.4, 0.5) is 11.4 Å². The second kappa shape index (κ2) is 10.8. The second-order valence-electron chi connectivity index (χ2n) is 7.76. The number of anilines is 1. The first-order valence-electron chi connectivity index (χ1n) is 10.8. The van der Waals surface area contributed by atoms with E-state index >= 15 is 0 Å². The summed E-state index contributed by atoms with van der Waals surface area (Å²) in [6.07, 6.45) is 5.18. The number of non-ortho nitro benzene ring substituents is 1. The predicted octanol–water partition coefficient (Wildman–Crippen LogP) is 3.94. The highest BCUT2D eigenvalue weighted by Gasteiger charge is 2.25. The molecule has 1 fully saturated rings. The van der Waals surface area contributed by atoms with Gasteiger partial charge in [0.1, 0.15) is 0 Å². The van der Waals surface area contributed by atoms with Gasteiger partial charge in [0.25, 0.3) is 11.6 Å². The van der Waals surface area contributed by atoms with E-state index in [0.29, 0.717) is 23.8 Å². The minimum Gasteiger partial charge on any atom is -0.493 e. The molecule has 0 aliphatic heterocycles.